The third-order valence-corrected chi connectivity index (χ3v) is 1.43. The van der Waals surface area contributed by atoms with E-state index in [9.17, 15) is 0 Å². The third kappa shape index (κ3) is 2.20. The summed E-state index contributed by atoms with van der Waals surface area (Å²) in [5.41, 5.74) is 0.671. The van der Waals surface area contributed by atoms with Gasteiger partial charge in [0, 0.05) is 4.47 Å². The van der Waals surface area contributed by atoms with E-state index in [0.717, 1.165) is 4.47 Å². The summed E-state index contributed by atoms with van der Waals surface area (Å²) in [6.07, 6.45) is 0. The number of benzene rings is 1. The molecule has 10 heavy (non-hydrogen) atoms. The summed E-state index contributed by atoms with van der Waals surface area (Å²) in [4.78, 5) is 3.25. The van der Waals surface area contributed by atoms with Gasteiger partial charge in [0.05, 0.1) is 6.57 Å². The molecule has 0 saturated carbocycles. The molecule has 1 aromatic carbocycles. The topological polar surface area (TPSA) is 4.36 Å². The fourth-order valence-corrected chi connectivity index (χ4v) is 0.933. The molecule has 0 bridgehead atoms. The van der Waals surface area contributed by atoms with Crippen LogP contribution in [0, 0.1) is 6.57 Å². The highest BCUT2D eigenvalue weighted by molar-refractivity contribution is 9.10. The van der Waals surface area contributed by atoms with Crippen molar-refractivity contribution in [2.75, 3.05) is 0 Å². The van der Waals surface area contributed by atoms with E-state index in [1.807, 2.05) is 12.1 Å². The third-order valence-electron chi connectivity index (χ3n) is 0.937. The van der Waals surface area contributed by atoms with Crippen LogP contribution >= 0.6 is 15.9 Å². The van der Waals surface area contributed by atoms with Crippen molar-refractivity contribution in [2.24, 2.45) is 0 Å². The number of rotatable bonds is 0. The van der Waals surface area contributed by atoms with Crippen LogP contribution in [0.25, 0.3) is 4.85 Å². The van der Waals surface area contributed by atoms with Gasteiger partial charge < -0.3 is 0 Å². The Hall–Kier alpha value is -0.810. The summed E-state index contributed by atoms with van der Waals surface area (Å²) in [6, 6.07) is 7.30. The SMILES string of the molecule is C.[C-]#[N+]c1cccc(Br)c1. The van der Waals surface area contributed by atoms with E-state index in [0.29, 0.717) is 5.69 Å². The molecule has 0 N–H and O–H groups in total. The van der Waals surface area contributed by atoms with Crippen molar-refractivity contribution >= 4 is 21.6 Å². The molecule has 0 heterocycles. The van der Waals surface area contributed by atoms with Crippen LogP contribution in [0.5, 0.6) is 0 Å². The summed E-state index contributed by atoms with van der Waals surface area (Å²) in [5.74, 6) is 0. The lowest BCUT2D eigenvalue weighted by Gasteiger charge is -1.87. The Labute approximate surface area is 69.6 Å². The summed E-state index contributed by atoms with van der Waals surface area (Å²) < 4.78 is 0.955. The van der Waals surface area contributed by atoms with Crippen molar-refractivity contribution in [2.45, 2.75) is 7.43 Å². The number of hydrogen-bond acceptors (Lipinski definition) is 0. The van der Waals surface area contributed by atoms with Gasteiger partial charge in [-0.1, -0.05) is 41.6 Å². The van der Waals surface area contributed by atoms with Crippen molar-refractivity contribution < 1.29 is 0 Å². The Kier molecular flexibility index (Phi) is 3.75. The minimum Gasteiger partial charge on any atom is -0.238 e. The van der Waals surface area contributed by atoms with Crippen molar-refractivity contribution in [3.05, 3.63) is 40.2 Å². The van der Waals surface area contributed by atoms with E-state index in [1.165, 1.54) is 0 Å². The van der Waals surface area contributed by atoms with Gasteiger partial charge in [-0.2, -0.15) is 0 Å². The second-order valence-corrected chi connectivity index (χ2v) is 2.51. The molecule has 1 rings (SSSR count). The number of nitrogens with zero attached hydrogens (tertiary/aromatic N) is 1. The van der Waals surface area contributed by atoms with Crippen molar-refractivity contribution in [3.8, 4) is 0 Å². The average molecular weight is 198 g/mol. The summed E-state index contributed by atoms with van der Waals surface area (Å²) in [5, 5.41) is 0. The van der Waals surface area contributed by atoms with E-state index in [2.05, 4.69) is 20.8 Å². The standard InChI is InChI=1S/C7H4BrN.CH4/c1-9-7-4-2-3-6(8)5-7;/h2-5H;1H4. The highest BCUT2D eigenvalue weighted by Crippen LogP contribution is 2.17. The lowest BCUT2D eigenvalue weighted by atomic mass is 10.3. The van der Waals surface area contributed by atoms with Crippen molar-refractivity contribution in [1.29, 1.82) is 0 Å². The molecular formula is C8H8BrN. The van der Waals surface area contributed by atoms with Crippen LogP contribution in [0.3, 0.4) is 0 Å². The molecule has 1 aromatic rings. The van der Waals surface area contributed by atoms with Gasteiger partial charge in [-0.15, -0.1) is 0 Å². The Morgan fingerprint density at radius 2 is 2.10 bits per heavy atom. The molecule has 0 unspecified atom stereocenters. The maximum Gasteiger partial charge on any atom is 0.188 e. The van der Waals surface area contributed by atoms with Crippen molar-refractivity contribution in [3.63, 3.8) is 0 Å². The van der Waals surface area contributed by atoms with Crippen LogP contribution in [-0.2, 0) is 0 Å². The first-order chi connectivity index (χ1) is 4.33. The lowest BCUT2D eigenvalue weighted by molar-refractivity contribution is 1.66. The molecule has 0 aliphatic heterocycles. The smallest absolute Gasteiger partial charge is 0.188 e. The second-order valence-electron chi connectivity index (χ2n) is 1.59. The Bertz CT molecular complexity index is 250. The molecule has 0 atom stereocenters. The molecule has 0 amide bonds. The molecule has 0 fully saturated rings. The maximum absolute atomic E-state index is 6.64. The van der Waals surface area contributed by atoms with Gasteiger partial charge in [-0.3, -0.25) is 0 Å². The second kappa shape index (κ2) is 4.08. The molecule has 0 aliphatic carbocycles. The van der Waals surface area contributed by atoms with Gasteiger partial charge in [0.25, 0.3) is 0 Å². The van der Waals surface area contributed by atoms with E-state index >= 15 is 0 Å². The van der Waals surface area contributed by atoms with Crippen LogP contribution < -0.4 is 0 Å². The van der Waals surface area contributed by atoms with Crippen LogP contribution in [0.1, 0.15) is 7.43 Å². The monoisotopic (exact) mass is 197 g/mol. The summed E-state index contributed by atoms with van der Waals surface area (Å²) in [6.45, 7) is 6.64. The fourth-order valence-electron chi connectivity index (χ4n) is 0.546. The Balaban J connectivity index is 0.000000810. The minimum absolute atomic E-state index is 0. The predicted molar refractivity (Wildman–Crippen MR) is 47.1 cm³/mol. The van der Waals surface area contributed by atoms with Gasteiger partial charge >= 0.3 is 0 Å². The molecule has 0 saturated heterocycles. The van der Waals surface area contributed by atoms with Crippen LogP contribution in [0.15, 0.2) is 28.7 Å². The highest BCUT2D eigenvalue weighted by atomic mass is 79.9. The first-order valence-corrected chi connectivity index (χ1v) is 3.25. The molecule has 2 heteroatoms. The van der Waals surface area contributed by atoms with Crippen LogP contribution in [-0.4, -0.2) is 0 Å². The van der Waals surface area contributed by atoms with E-state index in [4.69, 9.17) is 6.57 Å². The first-order valence-electron chi connectivity index (χ1n) is 2.46. The molecule has 0 spiro atoms. The molecule has 0 aliphatic rings. The zero-order chi connectivity index (χ0) is 6.69. The fraction of sp³-hybridized carbons (Fsp3) is 0.125. The quantitative estimate of drug-likeness (QED) is 0.560. The minimum atomic E-state index is 0. The zero-order valence-electron chi connectivity index (χ0n) is 4.63. The summed E-state index contributed by atoms with van der Waals surface area (Å²) in [7, 11) is 0. The van der Waals surface area contributed by atoms with Crippen LogP contribution in [0.4, 0.5) is 5.69 Å². The van der Waals surface area contributed by atoms with E-state index in [-0.39, 0.29) is 7.43 Å². The number of hydrogen-bond donors (Lipinski definition) is 0. The van der Waals surface area contributed by atoms with Gasteiger partial charge in [0.15, 0.2) is 5.69 Å². The lowest BCUT2D eigenvalue weighted by Crippen LogP contribution is -1.60. The zero-order valence-corrected chi connectivity index (χ0v) is 6.22. The van der Waals surface area contributed by atoms with Crippen LogP contribution in [0.2, 0.25) is 0 Å². The Morgan fingerprint density at radius 3 is 2.50 bits per heavy atom. The van der Waals surface area contributed by atoms with E-state index in [1.54, 1.807) is 12.1 Å². The molecule has 0 radical (unpaired) electrons. The summed E-state index contributed by atoms with van der Waals surface area (Å²) >= 11 is 3.26. The predicted octanol–water partition coefficient (Wildman–Crippen LogP) is 3.64. The average Bonchev–Trinajstić information content (AvgIpc) is 1.88. The van der Waals surface area contributed by atoms with Gasteiger partial charge in [0.1, 0.15) is 0 Å². The molecule has 1 nitrogen and oxygen atoms in total. The van der Waals surface area contributed by atoms with Gasteiger partial charge in [0.2, 0.25) is 0 Å². The first kappa shape index (κ1) is 9.19. The van der Waals surface area contributed by atoms with Gasteiger partial charge in [-0.05, 0) is 6.07 Å². The van der Waals surface area contributed by atoms with E-state index < -0.39 is 0 Å². The maximum atomic E-state index is 6.64. The highest BCUT2D eigenvalue weighted by Gasteiger charge is 1.87. The van der Waals surface area contributed by atoms with Gasteiger partial charge in [-0.25, -0.2) is 4.85 Å². The molecule has 52 valence electrons. The van der Waals surface area contributed by atoms with Crippen molar-refractivity contribution in [1.82, 2.24) is 0 Å². The Morgan fingerprint density at radius 1 is 1.40 bits per heavy atom. The molecular weight excluding hydrogens is 190 g/mol. The molecule has 0 aromatic heterocycles. The normalized spacial score (nSPS) is 7.60. The number of halogens is 1. The largest absolute Gasteiger partial charge is 0.238 e.